The Kier molecular flexibility index (Phi) is 9.64. The van der Waals surface area contributed by atoms with Crippen molar-refractivity contribution < 1.29 is 14.3 Å². The zero-order valence-corrected chi connectivity index (χ0v) is 19.9. The van der Waals surface area contributed by atoms with Gasteiger partial charge in [-0.25, -0.2) is 0 Å². The van der Waals surface area contributed by atoms with Gasteiger partial charge in [-0.2, -0.15) is 0 Å². The smallest absolute Gasteiger partial charge is 0.235 e. The summed E-state index contributed by atoms with van der Waals surface area (Å²) >= 11 is 7.23. The maximum absolute atomic E-state index is 12.8. The van der Waals surface area contributed by atoms with Gasteiger partial charge in [-0.3, -0.25) is 9.59 Å². The number of primary amides is 1. The lowest BCUT2D eigenvalue weighted by molar-refractivity contribution is -0.129. The summed E-state index contributed by atoms with van der Waals surface area (Å²) in [6.45, 7) is 7.57. The second-order valence-corrected chi connectivity index (χ2v) is 9.44. The zero-order chi connectivity index (χ0) is 23.0. The Hall–Kier alpha value is -2.26. The van der Waals surface area contributed by atoms with Gasteiger partial charge < -0.3 is 19.9 Å². The number of thioether (sulfide) groups is 1. The van der Waals surface area contributed by atoms with Crippen LogP contribution in [0.15, 0.2) is 29.4 Å². The Labute approximate surface area is 192 Å². The highest BCUT2D eigenvalue weighted by atomic mass is 35.5. The molecule has 1 heterocycles. The number of rotatable bonds is 12. The predicted octanol–water partition coefficient (Wildman–Crippen LogP) is 3.02. The molecule has 1 aromatic heterocycles. The van der Waals surface area contributed by atoms with Gasteiger partial charge in [-0.05, 0) is 37.1 Å². The van der Waals surface area contributed by atoms with Crippen LogP contribution in [0.5, 0.6) is 5.75 Å². The molecule has 1 unspecified atom stereocenters. The number of likely N-dealkylation sites (N-methyl/N-ethyl adjacent to an activating group) is 1. The fraction of sp³-hybridized carbons (Fsp3) is 0.524. The normalized spacial score (nSPS) is 12.1. The Morgan fingerprint density at radius 1 is 1.23 bits per heavy atom. The second-order valence-electron chi connectivity index (χ2n) is 7.69. The van der Waals surface area contributed by atoms with Crippen molar-refractivity contribution in [3.8, 4) is 5.75 Å². The van der Waals surface area contributed by atoms with Gasteiger partial charge >= 0.3 is 0 Å². The lowest BCUT2D eigenvalue weighted by Crippen LogP contribution is -2.36. The number of halogens is 1. The fourth-order valence-corrected chi connectivity index (χ4v) is 3.95. The van der Waals surface area contributed by atoms with E-state index in [1.165, 1.54) is 11.8 Å². The van der Waals surface area contributed by atoms with Crippen molar-refractivity contribution in [3.63, 3.8) is 0 Å². The topological polar surface area (TPSA) is 103 Å². The molecular weight excluding hydrogens is 438 g/mol. The van der Waals surface area contributed by atoms with Crippen LogP contribution in [0, 0.1) is 5.92 Å². The average molecular weight is 468 g/mol. The second kappa shape index (κ2) is 12.0. The van der Waals surface area contributed by atoms with Crippen LogP contribution >= 0.6 is 23.4 Å². The van der Waals surface area contributed by atoms with E-state index in [4.69, 9.17) is 22.1 Å². The van der Waals surface area contributed by atoms with Gasteiger partial charge in [0.05, 0.1) is 11.8 Å². The van der Waals surface area contributed by atoms with Gasteiger partial charge in [0, 0.05) is 31.5 Å². The highest BCUT2D eigenvalue weighted by molar-refractivity contribution is 8.00. The van der Waals surface area contributed by atoms with Crippen molar-refractivity contribution in [2.45, 2.75) is 50.6 Å². The zero-order valence-electron chi connectivity index (χ0n) is 18.4. The molecule has 10 heteroatoms. The largest absolute Gasteiger partial charge is 0.492 e. The summed E-state index contributed by atoms with van der Waals surface area (Å²) in [5, 5.41) is 9.44. The molecule has 0 aliphatic carbocycles. The molecule has 1 aromatic carbocycles. The molecule has 2 rings (SSSR count). The number of benzene rings is 1. The summed E-state index contributed by atoms with van der Waals surface area (Å²) in [6, 6.07) is 7.10. The van der Waals surface area contributed by atoms with Crippen molar-refractivity contribution in [3.05, 3.63) is 35.1 Å². The molecule has 0 bridgehead atoms. The molecule has 0 saturated heterocycles. The minimum absolute atomic E-state index is 0.0255. The number of aryl methyl sites for hydroxylation is 1. The first-order valence-electron chi connectivity index (χ1n) is 10.2. The Morgan fingerprint density at radius 2 is 1.90 bits per heavy atom. The standard InChI is InChI=1S/C21H30ClN5O3S/c1-14(2)13-27-19(10-9-18(23)28)24-25-21(27)31-15(3)20(29)26(4)11-12-30-17-7-5-16(22)6-8-17/h5-8,14-15H,9-13H2,1-4H3,(H2,23,28). The van der Waals surface area contributed by atoms with Crippen LogP contribution in [0.25, 0.3) is 0 Å². The van der Waals surface area contributed by atoms with Gasteiger partial charge in [-0.1, -0.05) is 37.2 Å². The quantitative estimate of drug-likeness (QED) is 0.481. The van der Waals surface area contributed by atoms with Gasteiger partial charge in [0.2, 0.25) is 11.8 Å². The summed E-state index contributed by atoms with van der Waals surface area (Å²) in [7, 11) is 1.75. The van der Waals surface area contributed by atoms with Gasteiger partial charge in [0.15, 0.2) is 5.16 Å². The molecule has 2 aromatic rings. The van der Waals surface area contributed by atoms with Crippen LogP contribution in [-0.2, 0) is 22.6 Å². The molecule has 31 heavy (non-hydrogen) atoms. The Morgan fingerprint density at radius 3 is 2.52 bits per heavy atom. The first-order valence-corrected chi connectivity index (χ1v) is 11.4. The van der Waals surface area contributed by atoms with E-state index in [0.717, 1.165) is 0 Å². The van der Waals surface area contributed by atoms with Crippen molar-refractivity contribution in [1.29, 1.82) is 0 Å². The Bertz CT molecular complexity index is 872. The number of hydrogen-bond acceptors (Lipinski definition) is 6. The number of carbonyl (C=O) groups excluding carboxylic acids is 2. The van der Waals surface area contributed by atoms with E-state index in [-0.39, 0.29) is 23.5 Å². The van der Waals surface area contributed by atoms with E-state index in [2.05, 4.69) is 24.0 Å². The minimum Gasteiger partial charge on any atom is -0.492 e. The molecule has 2 amide bonds. The van der Waals surface area contributed by atoms with Crippen LogP contribution in [0.2, 0.25) is 5.02 Å². The van der Waals surface area contributed by atoms with E-state index in [0.29, 0.717) is 53.8 Å². The summed E-state index contributed by atoms with van der Waals surface area (Å²) in [5.74, 6) is 1.38. The molecule has 0 aliphatic rings. The number of aromatic nitrogens is 3. The first-order chi connectivity index (χ1) is 14.7. The van der Waals surface area contributed by atoms with Crippen molar-refractivity contribution in [2.24, 2.45) is 11.7 Å². The predicted molar refractivity (Wildman–Crippen MR) is 122 cm³/mol. The van der Waals surface area contributed by atoms with Crippen molar-refractivity contribution in [1.82, 2.24) is 19.7 Å². The summed E-state index contributed by atoms with van der Waals surface area (Å²) in [6.07, 6.45) is 0.644. The Balaban J connectivity index is 1.94. The number of nitrogens with two attached hydrogens (primary N) is 1. The van der Waals surface area contributed by atoms with Crippen molar-refractivity contribution in [2.75, 3.05) is 20.2 Å². The molecule has 0 spiro atoms. The number of nitrogens with zero attached hydrogens (tertiary/aromatic N) is 4. The molecule has 0 radical (unpaired) electrons. The van der Waals surface area contributed by atoms with E-state index < -0.39 is 0 Å². The van der Waals surface area contributed by atoms with Crippen LogP contribution in [0.3, 0.4) is 0 Å². The molecule has 8 nitrogen and oxygen atoms in total. The molecule has 0 saturated carbocycles. The van der Waals surface area contributed by atoms with E-state index >= 15 is 0 Å². The molecule has 1 atom stereocenters. The van der Waals surface area contributed by atoms with Gasteiger partial charge in [0.25, 0.3) is 0 Å². The number of hydrogen-bond donors (Lipinski definition) is 1. The highest BCUT2D eigenvalue weighted by Crippen LogP contribution is 2.25. The summed E-state index contributed by atoms with van der Waals surface area (Å²) in [5.41, 5.74) is 5.27. The summed E-state index contributed by atoms with van der Waals surface area (Å²) < 4.78 is 7.65. The van der Waals surface area contributed by atoms with Crippen LogP contribution < -0.4 is 10.5 Å². The SMILES string of the molecule is CC(C)Cn1c(CCC(N)=O)nnc1SC(C)C(=O)N(C)CCOc1ccc(Cl)cc1. The molecular formula is C21H30ClN5O3S. The third-order valence-electron chi connectivity index (χ3n) is 4.45. The maximum Gasteiger partial charge on any atom is 0.235 e. The lowest BCUT2D eigenvalue weighted by Gasteiger charge is -2.21. The molecule has 2 N–H and O–H groups in total. The van der Waals surface area contributed by atoms with Crippen LogP contribution in [-0.4, -0.2) is 56.9 Å². The van der Waals surface area contributed by atoms with Gasteiger partial charge in [-0.15, -0.1) is 10.2 Å². The number of amides is 2. The number of carbonyl (C=O) groups is 2. The van der Waals surface area contributed by atoms with Gasteiger partial charge in [0.1, 0.15) is 18.2 Å². The molecule has 170 valence electrons. The van der Waals surface area contributed by atoms with Crippen molar-refractivity contribution >= 4 is 35.2 Å². The average Bonchev–Trinajstić information content (AvgIpc) is 3.07. The highest BCUT2D eigenvalue weighted by Gasteiger charge is 2.23. The third-order valence-corrected chi connectivity index (χ3v) is 5.77. The van der Waals surface area contributed by atoms with Crippen LogP contribution in [0.1, 0.15) is 33.0 Å². The summed E-state index contributed by atoms with van der Waals surface area (Å²) in [4.78, 5) is 25.6. The third kappa shape index (κ3) is 8.06. The molecule has 0 aliphatic heterocycles. The van der Waals surface area contributed by atoms with E-state index in [1.807, 2.05) is 11.5 Å². The first kappa shape index (κ1) is 25.0. The lowest BCUT2D eigenvalue weighted by atomic mass is 10.2. The van der Waals surface area contributed by atoms with E-state index in [9.17, 15) is 9.59 Å². The molecule has 0 fully saturated rings. The number of ether oxygens (including phenoxy) is 1. The maximum atomic E-state index is 12.8. The minimum atomic E-state index is -0.376. The van der Waals surface area contributed by atoms with E-state index in [1.54, 1.807) is 36.2 Å². The monoisotopic (exact) mass is 467 g/mol. The van der Waals surface area contributed by atoms with Crippen LogP contribution in [0.4, 0.5) is 0 Å². The fourth-order valence-electron chi connectivity index (χ4n) is 2.83.